The molecule has 1 atom stereocenters. The van der Waals surface area contributed by atoms with E-state index in [1.165, 1.54) is 0 Å². The summed E-state index contributed by atoms with van der Waals surface area (Å²) in [4.78, 5) is 0.895. The highest BCUT2D eigenvalue weighted by Crippen LogP contribution is 2.16. The second kappa shape index (κ2) is 3.72. The third-order valence-electron chi connectivity index (χ3n) is 1.71. The first-order valence-corrected chi connectivity index (χ1v) is 5.21. The number of benzene rings is 1. The maximum atomic E-state index is 11.4. The van der Waals surface area contributed by atoms with Crippen molar-refractivity contribution in [2.24, 2.45) is 0 Å². The lowest BCUT2D eigenvalue weighted by Crippen LogP contribution is -1.97. The molecule has 0 amide bonds. The van der Waals surface area contributed by atoms with Crippen molar-refractivity contribution in [2.45, 2.75) is 18.7 Å². The van der Waals surface area contributed by atoms with Crippen LogP contribution in [0.5, 0.6) is 0 Å². The molecule has 1 aromatic rings. The molecule has 0 aromatic heterocycles. The Bertz CT molecular complexity index is 309. The number of nitrogen functional groups attached to an aromatic ring is 1. The van der Waals surface area contributed by atoms with E-state index in [9.17, 15) is 4.21 Å². The summed E-state index contributed by atoms with van der Waals surface area (Å²) in [6.07, 6.45) is 0. The van der Waals surface area contributed by atoms with Crippen molar-refractivity contribution in [3.63, 3.8) is 0 Å². The Morgan fingerprint density at radius 2 is 2.17 bits per heavy atom. The van der Waals surface area contributed by atoms with Crippen LogP contribution in [0, 0.1) is 6.92 Å². The van der Waals surface area contributed by atoms with Crippen molar-refractivity contribution >= 4 is 16.5 Å². The Morgan fingerprint density at radius 1 is 1.50 bits per heavy atom. The van der Waals surface area contributed by atoms with E-state index in [0.29, 0.717) is 5.75 Å². The average Bonchev–Trinajstić information content (AvgIpc) is 2.03. The lowest BCUT2D eigenvalue weighted by molar-refractivity contribution is 0.683. The van der Waals surface area contributed by atoms with E-state index < -0.39 is 10.8 Å². The number of hydrogen-bond acceptors (Lipinski definition) is 2. The van der Waals surface area contributed by atoms with Crippen molar-refractivity contribution in [1.29, 1.82) is 0 Å². The van der Waals surface area contributed by atoms with E-state index in [1.807, 2.05) is 26.0 Å². The molecule has 0 saturated heterocycles. The predicted octanol–water partition coefficient (Wildman–Crippen LogP) is 1.70. The van der Waals surface area contributed by atoms with Gasteiger partial charge in [0.2, 0.25) is 0 Å². The fraction of sp³-hybridized carbons (Fsp3) is 0.333. The predicted molar refractivity (Wildman–Crippen MR) is 52.5 cm³/mol. The SMILES string of the molecule is CCS(=O)c1ccc(N)cc1C. The number of aryl methyl sites for hydroxylation is 1. The van der Waals surface area contributed by atoms with Gasteiger partial charge in [0.1, 0.15) is 0 Å². The normalized spacial score (nSPS) is 12.8. The van der Waals surface area contributed by atoms with Crippen LogP contribution in [0.15, 0.2) is 23.1 Å². The lowest BCUT2D eigenvalue weighted by Gasteiger charge is -2.04. The summed E-state index contributed by atoms with van der Waals surface area (Å²) in [5.41, 5.74) is 7.31. The molecule has 2 nitrogen and oxygen atoms in total. The molecule has 0 spiro atoms. The summed E-state index contributed by atoms with van der Waals surface area (Å²) in [5, 5.41) is 0. The van der Waals surface area contributed by atoms with E-state index >= 15 is 0 Å². The van der Waals surface area contributed by atoms with E-state index in [4.69, 9.17) is 5.73 Å². The van der Waals surface area contributed by atoms with E-state index in [-0.39, 0.29) is 0 Å². The Kier molecular flexibility index (Phi) is 2.87. The maximum Gasteiger partial charge on any atom is 0.0529 e. The maximum absolute atomic E-state index is 11.4. The third-order valence-corrected chi connectivity index (χ3v) is 3.18. The smallest absolute Gasteiger partial charge is 0.0529 e. The molecule has 0 saturated carbocycles. The van der Waals surface area contributed by atoms with Gasteiger partial charge in [-0.1, -0.05) is 6.92 Å². The van der Waals surface area contributed by atoms with Crippen molar-refractivity contribution in [2.75, 3.05) is 11.5 Å². The van der Waals surface area contributed by atoms with Gasteiger partial charge in [0, 0.05) is 16.3 Å². The van der Waals surface area contributed by atoms with Crippen LogP contribution < -0.4 is 5.73 Å². The zero-order valence-corrected chi connectivity index (χ0v) is 8.15. The minimum Gasteiger partial charge on any atom is -0.399 e. The van der Waals surface area contributed by atoms with Crippen LogP contribution >= 0.6 is 0 Å². The van der Waals surface area contributed by atoms with Crippen LogP contribution in [0.4, 0.5) is 5.69 Å². The Balaban J connectivity index is 3.09. The quantitative estimate of drug-likeness (QED) is 0.709. The van der Waals surface area contributed by atoms with Crippen molar-refractivity contribution < 1.29 is 4.21 Å². The van der Waals surface area contributed by atoms with Crippen LogP contribution in [-0.4, -0.2) is 9.96 Å². The molecular formula is C9H13NOS. The molecule has 1 rings (SSSR count). The van der Waals surface area contributed by atoms with Gasteiger partial charge < -0.3 is 5.73 Å². The topological polar surface area (TPSA) is 43.1 Å². The van der Waals surface area contributed by atoms with Crippen LogP contribution in [0.25, 0.3) is 0 Å². The van der Waals surface area contributed by atoms with E-state index in [0.717, 1.165) is 16.1 Å². The summed E-state index contributed by atoms with van der Waals surface area (Å²) in [6.45, 7) is 3.84. The second-order valence-electron chi connectivity index (χ2n) is 2.66. The highest BCUT2D eigenvalue weighted by Gasteiger charge is 2.03. The Hall–Kier alpha value is -0.830. The van der Waals surface area contributed by atoms with Gasteiger partial charge >= 0.3 is 0 Å². The van der Waals surface area contributed by atoms with Gasteiger partial charge in [-0.2, -0.15) is 0 Å². The monoisotopic (exact) mass is 183 g/mol. The van der Waals surface area contributed by atoms with Gasteiger partial charge in [0.05, 0.1) is 10.8 Å². The molecule has 0 aliphatic carbocycles. The largest absolute Gasteiger partial charge is 0.399 e. The average molecular weight is 183 g/mol. The fourth-order valence-corrected chi connectivity index (χ4v) is 2.03. The minimum absolute atomic E-state index is 0.657. The third kappa shape index (κ3) is 1.85. The molecular weight excluding hydrogens is 170 g/mol. The molecule has 2 N–H and O–H groups in total. The highest BCUT2D eigenvalue weighted by molar-refractivity contribution is 7.85. The molecule has 0 bridgehead atoms. The van der Waals surface area contributed by atoms with Gasteiger partial charge in [-0.3, -0.25) is 4.21 Å². The van der Waals surface area contributed by atoms with Gasteiger partial charge in [-0.05, 0) is 30.7 Å². The molecule has 1 unspecified atom stereocenters. The Labute approximate surface area is 75.2 Å². The van der Waals surface area contributed by atoms with Crippen molar-refractivity contribution in [3.05, 3.63) is 23.8 Å². The molecule has 1 aromatic carbocycles. The highest BCUT2D eigenvalue weighted by atomic mass is 32.2. The summed E-state index contributed by atoms with van der Waals surface area (Å²) in [7, 11) is -0.866. The molecule has 0 heterocycles. The first-order valence-electron chi connectivity index (χ1n) is 3.89. The molecule has 66 valence electrons. The standard InChI is InChI=1S/C9H13NOS/c1-3-12(11)9-5-4-8(10)6-7(9)2/h4-6H,3,10H2,1-2H3. The van der Waals surface area contributed by atoms with E-state index in [2.05, 4.69) is 0 Å². The molecule has 0 fully saturated rings. The van der Waals surface area contributed by atoms with Gasteiger partial charge in [0.25, 0.3) is 0 Å². The molecule has 0 radical (unpaired) electrons. The minimum atomic E-state index is -0.866. The van der Waals surface area contributed by atoms with Gasteiger partial charge in [-0.15, -0.1) is 0 Å². The van der Waals surface area contributed by atoms with Crippen molar-refractivity contribution in [3.8, 4) is 0 Å². The summed E-state index contributed by atoms with van der Waals surface area (Å²) in [5.74, 6) is 0.657. The van der Waals surface area contributed by atoms with Gasteiger partial charge in [-0.25, -0.2) is 0 Å². The summed E-state index contributed by atoms with van der Waals surface area (Å²) >= 11 is 0. The zero-order chi connectivity index (χ0) is 9.14. The number of nitrogens with two attached hydrogens (primary N) is 1. The zero-order valence-electron chi connectivity index (χ0n) is 7.33. The number of anilines is 1. The number of hydrogen-bond donors (Lipinski definition) is 1. The fourth-order valence-electron chi connectivity index (χ4n) is 1.08. The molecule has 0 aliphatic rings. The molecule has 12 heavy (non-hydrogen) atoms. The van der Waals surface area contributed by atoms with Crippen LogP contribution in [0.2, 0.25) is 0 Å². The lowest BCUT2D eigenvalue weighted by atomic mass is 10.2. The van der Waals surface area contributed by atoms with E-state index in [1.54, 1.807) is 6.07 Å². The molecule has 0 aliphatic heterocycles. The summed E-state index contributed by atoms with van der Waals surface area (Å²) in [6, 6.07) is 5.48. The Morgan fingerprint density at radius 3 is 2.67 bits per heavy atom. The number of rotatable bonds is 2. The van der Waals surface area contributed by atoms with Gasteiger partial charge in [0.15, 0.2) is 0 Å². The molecule has 3 heteroatoms. The van der Waals surface area contributed by atoms with Crippen LogP contribution in [0.3, 0.4) is 0 Å². The van der Waals surface area contributed by atoms with Crippen molar-refractivity contribution in [1.82, 2.24) is 0 Å². The van der Waals surface area contributed by atoms with Crippen LogP contribution in [-0.2, 0) is 10.8 Å². The first kappa shape index (κ1) is 9.26. The second-order valence-corrected chi connectivity index (χ2v) is 4.37. The van der Waals surface area contributed by atoms with Crippen LogP contribution in [0.1, 0.15) is 12.5 Å². The summed E-state index contributed by atoms with van der Waals surface area (Å²) < 4.78 is 11.4. The first-order chi connectivity index (χ1) is 5.65.